The minimum atomic E-state index is -0.723. The first-order valence-electron chi connectivity index (χ1n) is 13.1. The quantitative estimate of drug-likeness (QED) is 0.314. The van der Waals surface area contributed by atoms with Gasteiger partial charge in [-0.15, -0.1) is 0 Å². The first kappa shape index (κ1) is 28.8. The number of ether oxygens (including phenoxy) is 4. The van der Waals surface area contributed by atoms with Crippen LogP contribution in [-0.4, -0.2) is 48.8 Å². The van der Waals surface area contributed by atoms with E-state index in [4.69, 9.17) is 18.9 Å². The number of hydrogen-bond acceptors (Lipinski definition) is 7. The molecule has 7 nitrogen and oxygen atoms in total. The molecule has 1 heterocycles. The van der Waals surface area contributed by atoms with Crippen LogP contribution in [0.25, 0.3) is 0 Å². The van der Waals surface area contributed by atoms with Crippen LogP contribution in [0, 0.1) is 0 Å². The molecule has 0 spiro atoms. The zero-order chi connectivity index (χ0) is 27.5. The second-order valence-electron chi connectivity index (χ2n) is 9.29. The first-order valence-corrected chi connectivity index (χ1v) is 14.0. The third kappa shape index (κ3) is 8.66. The summed E-state index contributed by atoms with van der Waals surface area (Å²) in [5.41, 5.74) is 1.60. The average molecular weight is 550 g/mol. The minimum Gasteiger partial charge on any atom is -0.457 e. The Balaban J connectivity index is 1.59. The van der Waals surface area contributed by atoms with Crippen molar-refractivity contribution >= 4 is 23.6 Å². The zero-order valence-electron chi connectivity index (χ0n) is 22.2. The summed E-state index contributed by atoms with van der Waals surface area (Å²) in [4.78, 5) is 25.5. The second kappa shape index (κ2) is 14.8. The maximum Gasteiger partial charge on any atom is 0.306 e. The Bertz CT molecular complexity index is 1160. The van der Waals surface area contributed by atoms with Crippen LogP contribution in [0.5, 0.6) is 0 Å². The normalized spacial score (nSPS) is 22.7. The summed E-state index contributed by atoms with van der Waals surface area (Å²) < 4.78 is 25.4. The molecule has 0 bridgehead atoms. The Labute approximate surface area is 234 Å². The van der Waals surface area contributed by atoms with E-state index in [2.05, 4.69) is 5.32 Å². The van der Waals surface area contributed by atoms with E-state index in [9.17, 15) is 9.59 Å². The van der Waals surface area contributed by atoms with E-state index < -0.39 is 35.8 Å². The Morgan fingerprint density at radius 3 is 1.87 bits per heavy atom. The Hall–Kier alpha value is -3.17. The second-order valence-corrected chi connectivity index (χ2v) is 10.5. The van der Waals surface area contributed by atoms with Crippen molar-refractivity contribution < 1.29 is 28.5 Å². The Kier molecular flexibility index (Phi) is 11.0. The fourth-order valence-electron chi connectivity index (χ4n) is 4.31. The lowest BCUT2D eigenvalue weighted by Gasteiger charge is -2.44. The van der Waals surface area contributed by atoms with Crippen LogP contribution in [-0.2, 0) is 41.8 Å². The summed E-state index contributed by atoms with van der Waals surface area (Å²) in [5, 5.41) is 2.53. The van der Waals surface area contributed by atoms with Crippen molar-refractivity contribution in [2.24, 2.45) is 0 Å². The summed E-state index contributed by atoms with van der Waals surface area (Å²) in [7, 11) is 1.54. The molecule has 3 aromatic rings. The highest BCUT2D eigenvalue weighted by atomic mass is 32.2. The van der Waals surface area contributed by atoms with Gasteiger partial charge in [-0.05, 0) is 30.2 Å². The van der Waals surface area contributed by atoms with E-state index in [1.807, 2.05) is 97.9 Å². The third-order valence-corrected chi connectivity index (χ3v) is 7.55. The molecule has 1 aliphatic heterocycles. The molecule has 2 unspecified atom stereocenters. The van der Waals surface area contributed by atoms with Crippen LogP contribution in [0.2, 0.25) is 0 Å². The van der Waals surface area contributed by atoms with Gasteiger partial charge in [0.15, 0.2) is 6.10 Å². The minimum absolute atomic E-state index is 0.0357. The van der Waals surface area contributed by atoms with Gasteiger partial charge in [0.1, 0.15) is 17.6 Å². The van der Waals surface area contributed by atoms with Gasteiger partial charge in [-0.1, -0.05) is 90.6 Å². The van der Waals surface area contributed by atoms with Crippen molar-refractivity contribution in [3.8, 4) is 0 Å². The van der Waals surface area contributed by atoms with Crippen LogP contribution in [0.4, 0.5) is 0 Å². The maximum absolute atomic E-state index is 12.8. The molecule has 1 amide bonds. The van der Waals surface area contributed by atoms with Crippen molar-refractivity contribution in [2.45, 2.75) is 67.7 Å². The molecule has 8 heteroatoms. The van der Waals surface area contributed by atoms with E-state index in [0.29, 0.717) is 13.2 Å². The standard InChI is InChI=1S/C31H35NO6S/c1-22-28(38-27(34)19-18-26(33)32-2)29(35-20-23-12-6-3-7-13-23)30(36-21-24-14-8-4-9-15-24)31(37-22)39-25-16-10-5-11-17-25/h3-17,22,28-31H,18-21H2,1-2H3,(H,32,33)/t22?,28-,29+,30?,31-/m0/s1. The van der Waals surface area contributed by atoms with E-state index in [0.717, 1.165) is 16.0 Å². The van der Waals surface area contributed by atoms with Gasteiger partial charge in [-0.25, -0.2) is 0 Å². The summed E-state index contributed by atoms with van der Waals surface area (Å²) in [5.74, 6) is -0.705. The maximum atomic E-state index is 12.8. The molecule has 1 N–H and O–H groups in total. The molecular formula is C31H35NO6S. The van der Waals surface area contributed by atoms with Crippen molar-refractivity contribution in [3.63, 3.8) is 0 Å². The fraction of sp³-hybridized carbons (Fsp3) is 0.355. The van der Waals surface area contributed by atoms with Crippen LogP contribution in [0.15, 0.2) is 95.9 Å². The van der Waals surface area contributed by atoms with Crippen LogP contribution in [0.1, 0.15) is 30.9 Å². The van der Waals surface area contributed by atoms with Gasteiger partial charge in [0.25, 0.3) is 0 Å². The molecule has 1 aliphatic rings. The number of hydrogen-bond donors (Lipinski definition) is 1. The van der Waals surface area contributed by atoms with Crippen LogP contribution in [0.3, 0.4) is 0 Å². The smallest absolute Gasteiger partial charge is 0.306 e. The molecule has 0 radical (unpaired) electrons. The lowest BCUT2D eigenvalue weighted by atomic mass is 9.99. The highest BCUT2D eigenvalue weighted by molar-refractivity contribution is 7.99. The highest BCUT2D eigenvalue weighted by Crippen LogP contribution is 2.37. The summed E-state index contributed by atoms with van der Waals surface area (Å²) in [6.07, 6.45) is -2.33. The molecule has 206 valence electrons. The number of nitrogens with one attached hydrogen (secondary N) is 1. The SMILES string of the molecule is CNC(=O)CCC(=O)O[C@H]1C(C)O[C@@H](Sc2ccccc2)C(OCc2ccccc2)[C@@H]1OCc1ccccc1. The molecule has 0 saturated carbocycles. The third-order valence-electron chi connectivity index (χ3n) is 6.40. The van der Waals surface area contributed by atoms with Crippen molar-refractivity contribution in [1.29, 1.82) is 0 Å². The lowest BCUT2D eigenvalue weighted by Crippen LogP contribution is -2.59. The largest absolute Gasteiger partial charge is 0.457 e. The average Bonchev–Trinajstić information content (AvgIpc) is 2.97. The van der Waals surface area contributed by atoms with E-state index in [1.165, 1.54) is 7.05 Å². The topological polar surface area (TPSA) is 83.1 Å². The Morgan fingerprint density at radius 2 is 1.31 bits per heavy atom. The molecule has 0 aliphatic carbocycles. The van der Waals surface area contributed by atoms with Gasteiger partial charge in [0, 0.05) is 18.4 Å². The number of carbonyl (C=O) groups is 2. The van der Waals surface area contributed by atoms with E-state index >= 15 is 0 Å². The first-order chi connectivity index (χ1) is 19.0. The van der Waals surface area contributed by atoms with Gasteiger partial charge in [-0.2, -0.15) is 0 Å². The van der Waals surface area contributed by atoms with Crippen molar-refractivity contribution in [3.05, 3.63) is 102 Å². The zero-order valence-corrected chi connectivity index (χ0v) is 23.0. The van der Waals surface area contributed by atoms with E-state index in [-0.39, 0.29) is 18.7 Å². The molecule has 3 aromatic carbocycles. The number of rotatable bonds is 12. The van der Waals surface area contributed by atoms with Gasteiger partial charge in [-0.3, -0.25) is 9.59 Å². The van der Waals surface area contributed by atoms with E-state index in [1.54, 1.807) is 11.8 Å². The monoisotopic (exact) mass is 549 g/mol. The Morgan fingerprint density at radius 1 is 0.769 bits per heavy atom. The predicted molar refractivity (Wildman–Crippen MR) is 150 cm³/mol. The van der Waals surface area contributed by atoms with Crippen molar-refractivity contribution in [1.82, 2.24) is 5.32 Å². The molecule has 0 aromatic heterocycles. The number of carbonyl (C=O) groups excluding carboxylic acids is 2. The molecule has 1 saturated heterocycles. The van der Waals surface area contributed by atoms with Crippen molar-refractivity contribution in [2.75, 3.05) is 7.05 Å². The van der Waals surface area contributed by atoms with Crippen LogP contribution < -0.4 is 5.32 Å². The highest BCUT2D eigenvalue weighted by Gasteiger charge is 2.48. The summed E-state index contributed by atoms with van der Waals surface area (Å²) >= 11 is 1.55. The summed E-state index contributed by atoms with van der Waals surface area (Å²) in [6, 6.07) is 29.7. The molecule has 4 rings (SSSR count). The fourth-order valence-corrected chi connectivity index (χ4v) is 5.49. The van der Waals surface area contributed by atoms with Crippen LogP contribution >= 0.6 is 11.8 Å². The predicted octanol–water partition coefficient (Wildman–Crippen LogP) is 5.13. The van der Waals surface area contributed by atoms with Gasteiger partial charge < -0.3 is 24.3 Å². The number of benzene rings is 3. The number of thioether (sulfide) groups is 1. The molecule has 1 fully saturated rings. The van der Waals surface area contributed by atoms with Gasteiger partial charge in [0.05, 0.1) is 25.7 Å². The molecule has 5 atom stereocenters. The number of esters is 1. The number of amides is 1. The lowest BCUT2D eigenvalue weighted by molar-refractivity contribution is -0.238. The van der Waals surface area contributed by atoms with Gasteiger partial charge >= 0.3 is 5.97 Å². The summed E-state index contributed by atoms with van der Waals surface area (Å²) in [6.45, 7) is 2.54. The molecule has 39 heavy (non-hydrogen) atoms. The molecular weight excluding hydrogens is 514 g/mol. The van der Waals surface area contributed by atoms with Gasteiger partial charge in [0.2, 0.25) is 5.91 Å².